The molecule has 1 N–H and O–H groups in total. The first-order chi connectivity index (χ1) is 7.50. The van der Waals surface area contributed by atoms with Gasteiger partial charge in [0, 0.05) is 18.0 Å². The molecule has 1 nitrogen and oxygen atoms in total. The van der Waals surface area contributed by atoms with Crippen molar-refractivity contribution in [3.63, 3.8) is 0 Å². The third kappa shape index (κ3) is 4.40. The number of nitrogens with one attached hydrogen (secondary N) is 1. The van der Waals surface area contributed by atoms with Crippen molar-refractivity contribution in [3.8, 4) is 0 Å². The van der Waals surface area contributed by atoms with Gasteiger partial charge in [0.1, 0.15) is 5.82 Å². The van der Waals surface area contributed by atoms with Gasteiger partial charge in [-0.15, -0.1) is 11.6 Å². The van der Waals surface area contributed by atoms with Crippen LogP contribution in [0.3, 0.4) is 0 Å². The summed E-state index contributed by atoms with van der Waals surface area (Å²) in [5.41, 5.74) is 0.925. The number of hydrogen-bond acceptors (Lipinski definition) is 1. The molecule has 0 heterocycles. The van der Waals surface area contributed by atoms with Crippen LogP contribution in [0.2, 0.25) is 0 Å². The van der Waals surface area contributed by atoms with Crippen LogP contribution in [0.25, 0.3) is 0 Å². The lowest BCUT2D eigenvalue weighted by atomic mass is 10.1. The van der Waals surface area contributed by atoms with E-state index in [4.69, 9.17) is 11.6 Å². The molecule has 0 aliphatic rings. The highest BCUT2D eigenvalue weighted by Crippen LogP contribution is 2.20. The number of halogens is 3. The molecule has 0 saturated carbocycles. The van der Waals surface area contributed by atoms with Gasteiger partial charge in [-0.25, -0.2) is 4.39 Å². The van der Waals surface area contributed by atoms with E-state index in [0.29, 0.717) is 17.1 Å². The van der Waals surface area contributed by atoms with Crippen LogP contribution in [0.1, 0.15) is 25.8 Å². The van der Waals surface area contributed by atoms with Crippen molar-refractivity contribution in [2.24, 2.45) is 0 Å². The van der Waals surface area contributed by atoms with E-state index >= 15 is 0 Å². The van der Waals surface area contributed by atoms with E-state index in [1.165, 1.54) is 6.07 Å². The molecule has 0 aromatic heterocycles. The van der Waals surface area contributed by atoms with Gasteiger partial charge in [0.15, 0.2) is 0 Å². The Hall–Kier alpha value is -0.120. The van der Waals surface area contributed by atoms with Gasteiger partial charge in [0.25, 0.3) is 0 Å². The molecule has 4 heteroatoms. The molecule has 0 bridgehead atoms. The number of benzene rings is 1. The SMILES string of the molecule is CC(Cl)CC(C)NCc1cccc(F)c1Br. The Kier molecular flexibility index (Phi) is 5.73. The molecule has 90 valence electrons. The van der Waals surface area contributed by atoms with Crippen LogP contribution in [0, 0.1) is 5.82 Å². The fourth-order valence-corrected chi connectivity index (χ4v) is 2.21. The quantitative estimate of drug-likeness (QED) is 0.808. The summed E-state index contributed by atoms with van der Waals surface area (Å²) in [5.74, 6) is -0.224. The van der Waals surface area contributed by atoms with Crippen molar-refractivity contribution in [1.82, 2.24) is 5.32 Å². The van der Waals surface area contributed by atoms with E-state index in [9.17, 15) is 4.39 Å². The van der Waals surface area contributed by atoms with E-state index in [2.05, 4.69) is 28.2 Å². The van der Waals surface area contributed by atoms with Crippen molar-refractivity contribution in [3.05, 3.63) is 34.1 Å². The van der Waals surface area contributed by atoms with Crippen molar-refractivity contribution in [2.75, 3.05) is 0 Å². The second-order valence-electron chi connectivity index (χ2n) is 4.01. The van der Waals surface area contributed by atoms with E-state index in [0.717, 1.165) is 12.0 Å². The van der Waals surface area contributed by atoms with Gasteiger partial charge in [-0.05, 0) is 47.8 Å². The third-order valence-corrected chi connectivity index (χ3v) is 3.42. The maximum Gasteiger partial charge on any atom is 0.137 e. The molecule has 2 unspecified atom stereocenters. The van der Waals surface area contributed by atoms with Crippen molar-refractivity contribution >= 4 is 27.5 Å². The predicted molar refractivity (Wildman–Crippen MR) is 70.3 cm³/mol. The average Bonchev–Trinajstić information content (AvgIpc) is 2.19. The van der Waals surface area contributed by atoms with Crippen molar-refractivity contribution in [2.45, 2.75) is 38.2 Å². The lowest BCUT2D eigenvalue weighted by molar-refractivity contribution is 0.508. The lowest BCUT2D eigenvalue weighted by Gasteiger charge is -2.15. The first kappa shape index (κ1) is 13.9. The Balaban J connectivity index is 2.51. The molecule has 0 aliphatic heterocycles. The predicted octanol–water partition coefficient (Wildman–Crippen LogP) is 4.08. The van der Waals surface area contributed by atoms with Gasteiger partial charge < -0.3 is 5.32 Å². The molecule has 1 rings (SSSR count). The lowest BCUT2D eigenvalue weighted by Crippen LogP contribution is -2.27. The van der Waals surface area contributed by atoms with Gasteiger partial charge in [0.05, 0.1) is 4.47 Å². The Morgan fingerprint density at radius 2 is 2.12 bits per heavy atom. The summed E-state index contributed by atoms with van der Waals surface area (Å²) < 4.78 is 13.8. The van der Waals surface area contributed by atoms with E-state index < -0.39 is 0 Å². The highest BCUT2D eigenvalue weighted by Gasteiger charge is 2.08. The van der Waals surface area contributed by atoms with Crippen LogP contribution in [-0.4, -0.2) is 11.4 Å². The molecule has 0 amide bonds. The molecule has 0 radical (unpaired) electrons. The first-order valence-corrected chi connectivity index (χ1v) is 6.54. The molecule has 1 aromatic rings. The fourth-order valence-electron chi connectivity index (χ4n) is 1.54. The normalized spacial score (nSPS) is 14.8. The zero-order valence-corrected chi connectivity index (χ0v) is 11.8. The monoisotopic (exact) mass is 307 g/mol. The van der Waals surface area contributed by atoms with E-state index in [1.807, 2.05) is 13.0 Å². The number of hydrogen-bond donors (Lipinski definition) is 1. The Morgan fingerprint density at radius 3 is 2.75 bits per heavy atom. The van der Waals surface area contributed by atoms with Gasteiger partial charge in [0.2, 0.25) is 0 Å². The minimum Gasteiger partial charge on any atom is -0.310 e. The summed E-state index contributed by atoms with van der Waals surface area (Å²) in [6.45, 7) is 4.69. The molecule has 16 heavy (non-hydrogen) atoms. The van der Waals surface area contributed by atoms with E-state index in [-0.39, 0.29) is 11.2 Å². The molecule has 0 spiro atoms. The minimum absolute atomic E-state index is 0.151. The molecule has 0 aliphatic carbocycles. The van der Waals surface area contributed by atoms with Crippen LogP contribution < -0.4 is 5.32 Å². The van der Waals surface area contributed by atoms with Crippen LogP contribution in [0.4, 0.5) is 4.39 Å². The van der Waals surface area contributed by atoms with Crippen molar-refractivity contribution < 1.29 is 4.39 Å². The molecule has 1 aromatic carbocycles. The zero-order valence-electron chi connectivity index (χ0n) is 9.43. The first-order valence-electron chi connectivity index (χ1n) is 5.31. The highest BCUT2D eigenvalue weighted by molar-refractivity contribution is 9.10. The minimum atomic E-state index is -0.224. The van der Waals surface area contributed by atoms with Crippen LogP contribution in [-0.2, 0) is 6.54 Å². The summed E-state index contributed by atoms with van der Waals surface area (Å²) in [7, 11) is 0. The molecular weight excluding hydrogens is 292 g/mol. The average molecular weight is 309 g/mol. The third-order valence-electron chi connectivity index (χ3n) is 2.35. The Labute approximate surface area is 110 Å². The van der Waals surface area contributed by atoms with Gasteiger partial charge in [-0.1, -0.05) is 12.1 Å². The standard InChI is InChI=1S/C12H16BrClFN/c1-8(14)6-9(2)16-7-10-4-3-5-11(15)12(10)13/h3-5,8-9,16H,6-7H2,1-2H3. The Morgan fingerprint density at radius 1 is 1.44 bits per heavy atom. The number of alkyl halides is 1. The molecule has 0 saturated heterocycles. The van der Waals surface area contributed by atoms with Crippen LogP contribution in [0.15, 0.2) is 22.7 Å². The maximum atomic E-state index is 13.2. The Bertz CT molecular complexity index is 344. The maximum absolute atomic E-state index is 13.2. The topological polar surface area (TPSA) is 12.0 Å². The summed E-state index contributed by atoms with van der Waals surface area (Å²) in [6.07, 6.45) is 0.897. The summed E-state index contributed by atoms with van der Waals surface area (Å²) in [4.78, 5) is 0. The zero-order chi connectivity index (χ0) is 12.1. The van der Waals surface area contributed by atoms with Crippen LogP contribution >= 0.6 is 27.5 Å². The fraction of sp³-hybridized carbons (Fsp3) is 0.500. The largest absolute Gasteiger partial charge is 0.310 e. The second-order valence-corrected chi connectivity index (χ2v) is 5.55. The van der Waals surface area contributed by atoms with Gasteiger partial charge in [-0.3, -0.25) is 0 Å². The van der Waals surface area contributed by atoms with Gasteiger partial charge in [-0.2, -0.15) is 0 Å². The molecule has 0 fully saturated rings. The van der Waals surface area contributed by atoms with E-state index in [1.54, 1.807) is 6.07 Å². The second kappa shape index (κ2) is 6.58. The molecule has 2 atom stereocenters. The van der Waals surface area contributed by atoms with Crippen LogP contribution in [0.5, 0.6) is 0 Å². The summed E-state index contributed by atoms with van der Waals surface area (Å²) in [5, 5.41) is 3.47. The molecular formula is C12H16BrClFN. The smallest absolute Gasteiger partial charge is 0.137 e. The summed E-state index contributed by atoms with van der Waals surface area (Å²) in [6, 6.07) is 5.38. The summed E-state index contributed by atoms with van der Waals surface area (Å²) >= 11 is 9.14. The van der Waals surface area contributed by atoms with Crippen molar-refractivity contribution in [1.29, 1.82) is 0 Å². The van der Waals surface area contributed by atoms with Gasteiger partial charge >= 0.3 is 0 Å². The number of rotatable bonds is 5. The highest BCUT2D eigenvalue weighted by atomic mass is 79.9.